The highest BCUT2D eigenvalue weighted by atomic mass is 16.7. The number of methoxy groups -OCH3 is 2. The van der Waals surface area contributed by atoms with Crippen molar-refractivity contribution < 1.29 is 23.7 Å². The summed E-state index contributed by atoms with van der Waals surface area (Å²) in [5.41, 5.74) is 3.96. The lowest BCUT2D eigenvalue weighted by molar-refractivity contribution is -0.114. The van der Waals surface area contributed by atoms with Crippen molar-refractivity contribution >= 4 is 17.3 Å². The minimum atomic E-state index is -0.304. The summed E-state index contributed by atoms with van der Waals surface area (Å²) < 4.78 is 21.6. The van der Waals surface area contributed by atoms with E-state index in [1.807, 2.05) is 73.7 Å². The van der Waals surface area contributed by atoms with Gasteiger partial charge in [0.1, 0.15) is 17.2 Å². The number of carbonyl (C=O) groups excluding carboxylic acids is 1. The molecule has 1 amide bonds. The topological polar surface area (TPSA) is 69.3 Å². The fourth-order valence-corrected chi connectivity index (χ4v) is 4.20. The fourth-order valence-electron chi connectivity index (χ4n) is 4.20. The van der Waals surface area contributed by atoms with Crippen LogP contribution >= 0.6 is 0 Å². The molecule has 168 valence electrons. The van der Waals surface area contributed by atoms with Crippen LogP contribution in [0.25, 0.3) is 0 Å². The van der Waals surface area contributed by atoms with E-state index in [1.165, 1.54) is 0 Å². The molecule has 1 atom stereocenters. The van der Waals surface area contributed by atoms with Crippen LogP contribution in [0.1, 0.15) is 18.5 Å². The summed E-state index contributed by atoms with van der Waals surface area (Å²) in [6.45, 7) is 2.17. The summed E-state index contributed by atoms with van der Waals surface area (Å²) in [5.74, 6) is 2.75. The third-order valence-electron chi connectivity index (χ3n) is 5.92. The number of amides is 1. The standard InChI is InChI=1S/C26H24N2O5/c1-16-24(27-18-5-9-20(30-2)10-6-18)26(29)28(19-7-11-21(31-3)12-8-19)25(16)17-4-13-22-23(14-17)33-15-32-22/h4-14,25,27H,15H2,1-3H3. The summed E-state index contributed by atoms with van der Waals surface area (Å²) in [6, 6.07) is 20.5. The average Bonchev–Trinajstić information content (AvgIpc) is 3.42. The van der Waals surface area contributed by atoms with Crippen molar-refractivity contribution in [3.63, 3.8) is 0 Å². The Morgan fingerprint density at radius 3 is 2.18 bits per heavy atom. The highest BCUT2D eigenvalue weighted by Crippen LogP contribution is 2.44. The third-order valence-corrected chi connectivity index (χ3v) is 5.92. The Kier molecular flexibility index (Phi) is 5.30. The largest absolute Gasteiger partial charge is 0.497 e. The van der Waals surface area contributed by atoms with E-state index < -0.39 is 0 Å². The van der Waals surface area contributed by atoms with E-state index in [1.54, 1.807) is 19.1 Å². The van der Waals surface area contributed by atoms with Gasteiger partial charge in [-0.2, -0.15) is 0 Å². The second-order valence-corrected chi connectivity index (χ2v) is 7.80. The number of ether oxygens (including phenoxy) is 4. The number of rotatable bonds is 6. The van der Waals surface area contributed by atoms with Crippen LogP contribution < -0.4 is 29.2 Å². The predicted molar refractivity (Wildman–Crippen MR) is 125 cm³/mol. The summed E-state index contributed by atoms with van der Waals surface area (Å²) >= 11 is 0. The first-order valence-electron chi connectivity index (χ1n) is 10.6. The van der Waals surface area contributed by atoms with Crippen molar-refractivity contribution in [1.29, 1.82) is 0 Å². The van der Waals surface area contributed by atoms with Crippen LogP contribution in [0.2, 0.25) is 0 Å². The van der Waals surface area contributed by atoms with Crippen LogP contribution in [0.15, 0.2) is 78.0 Å². The minimum absolute atomic E-state index is 0.115. The Balaban J connectivity index is 1.56. The van der Waals surface area contributed by atoms with Gasteiger partial charge < -0.3 is 24.3 Å². The van der Waals surface area contributed by atoms with Crippen LogP contribution in [-0.2, 0) is 4.79 Å². The van der Waals surface area contributed by atoms with Crippen molar-refractivity contribution in [3.05, 3.63) is 83.6 Å². The molecule has 0 saturated heterocycles. The van der Waals surface area contributed by atoms with Gasteiger partial charge in [0.2, 0.25) is 6.79 Å². The second-order valence-electron chi connectivity index (χ2n) is 7.80. The van der Waals surface area contributed by atoms with Gasteiger partial charge in [0.15, 0.2) is 11.5 Å². The molecule has 1 unspecified atom stereocenters. The predicted octanol–water partition coefficient (Wildman–Crippen LogP) is 4.91. The molecule has 0 bridgehead atoms. The Morgan fingerprint density at radius 2 is 1.52 bits per heavy atom. The van der Waals surface area contributed by atoms with Crippen LogP contribution in [0, 0.1) is 0 Å². The lowest BCUT2D eigenvalue weighted by Crippen LogP contribution is -2.31. The maximum absolute atomic E-state index is 13.7. The molecule has 33 heavy (non-hydrogen) atoms. The summed E-state index contributed by atoms with van der Waals surface area (Å²) in [4.78, 5) is 15.5. The third kappa shape index (κ3) is 3.71. The SMILES string of the molecule is COc1ccc(NC2=C(C)C(c3ccc4c(c3)OCO4)N(c3ccc(OC)cc3)C2=O)cc1. The Morgan fingerprint density at radius 1 is 0.879 bits per heavy atom. The summed E-state index contributed by atoms with van der Waals surface area (Å²) in [7, 11) is 3.24. The highest BCUT2D eigenvalue weighted by molar-refractivity contribution is 6.12. The quantitative estimate of drug-likeness (QED) is 0.583. The molecule has 3 aromatic carbocycles. The monoisotopic (exact) mass is 444 g/mol. The molecule has 2 aliphatic rings. The van der Waals surface area contributed by atoms with Crippen molar-refractivity contribution in [2.45, 2.75) is 13.0 Å². The van der Waals surface area contributed by atoms with E-state index in [-0.39, 0.29) is 18.7 Å². The average molecular weight is 444 g/mol. The first-order chi connectivity index (χ1) is 16.1. The maximum atomic E-state index is 13.7. The number of benzene rings is 3. The van der Waals surface area contributed by atoms with Crippen LogP contribution in [0.4, 0.5) is 11.4 Å². The highest BCUT2D eigenvalue weighted by Gasteiger charge is 2.39. The minimum Gasteiger partial charge on any atom is -0.497 e. The Hall–Kier alpha value is -4.13. The molecule has 0 aromatic heterocycles. The zero-order valence-corrected chi connectivity index (χ0v) is 18.6. The molecule has 0 radical (unpaired) electrons. The van der Waals surface area contributed by atoms with Crippen molar-refractivity contribution in [2.75, 3.05) is 31.2 Å². The van der Waals surface area contributed by atoms with E-state index in [2.05, 4.69) is 5.32 Å². The van der Waals surface area contributed by atoms with E-state index in [0.29, 0.717) is 17.2 Å². The molecule has 0 aliphatic carbocycles. The molecule has 1 N–H and O–H groups in total. The van der Waals surface area contributed by atoms with Crippen molar-refractivity contribution in [1.82, 2.24) is 0 Å². The molecule has 2 heterocycles. The van der Waals surface area contributed by atoms with Gasteiger partial charge in [0.05, 0.1) is 20.3 Å². The number of fused-ring (bicyclic) bond motifs is 1. The number of hydrogen-bond donors (Lipinski definition) is 1. The molecular formula is C26H24N2O5. The van der Waals surface area contributed by atoms with Crippen molar-refractivity contribution in [3.8, 4) is 23.0 Å². The molecule has 7 heteroatoms. The zero-order chi connectivity index (χ0) is 22.9. The second kappa shape index (κ2) is 8.43. The first kappa shape index (κ1) is 20.8. The number of nitrogens with one attached hydrogen (secondary N) is 1. The molecule has 3 aromatic rings. The number of carbonyl (C=O) groups is 1. The molecule has 2 aliphatic heterocycles. The van der Waals surface area contributed by atoms with E-state index in [4.69, 9.17) is 18.9 Å². The number of nitrogens with zero attached hydrogens (tertiary/aromatic N) is 1. The summed E-state index contributed by atoms with van der Waals surface area (Å²) in [6.07, 6.45) is 0. The van der Waals surface area contributed by atoms with Gasteiger partial charge in [0.25, 0.3) is 5.91 Å². The Labute approximate surface area is 192 Å². The van der Waals surface area contributed by atoms with Gasteiger partial charge in [-0.3, -0.25) is 9.69 Å². The molecule has 5 rings (SSSR count). The first-order valence-corrected chi connectivity index (χ1v) is 10.6. The van der Waals surface area contributed by atoms with E-state index >= 15 is 0 Å². The molecule has 7 nitrogen and oxygen atoms in total. The van der Waals surface area contributed by atoms with Gasteiger partial charge in [0, 0.05) is 11.4 Å². The summed E-state index contributed by atoms with van der Waals surface area (Å²) in [5, 5.41) is 3.32. The van der Waals surface area contributed by atoms with E-state index in [0.717, 1.165) is 34.0 Å². The zero-order valence-electron chi connectivity index (χ0n) is 18.6. The number of hydrogen-bond acceptors (Lipinski definition) is 6. The van der Waals surface area contributed by atoms with Crippen LogP contribution in [0.5, 0.6) is 23.0 Å². The van der Waals surface area contributed by atoms with Gasteiger partial charge in [-0.05, 0) is 78.7 Å². The molecule has 0 spiro atoms. The number of anilines is 2. The van der Waals surface area contributed by atoms with Gasteiger partial charge in [-0.1, -0.05) is 6.07 Å². The van der Waals surface area contributed by atoms with Gasteiger partial charge in [-0.25, -0.2) is 0 Å². The maximum Gasteiger partial charge on any atom is 0.275 e. The molecule has 0 saturated carbocycles. The molecule has 0 fully saturated rings. The van der Waals surface area contributed by atoms with Crippen LogP contribution in [-0.4, -0.2) is 26.9 Å². The smallest absolute Gasteiger partial charge is 0.275 e. The van der Waals surface area contributed by atoms with Gasteiger partial charge in [-0.15, -0.1) is 0 Å². The van der Waals surface area contributed by atoms with E-state index in [9.17, 15) is 4.79 Å². The van der Waals surface area contributed by atoms with Gasteiger partial charge >= 0.3 is 0 Å². The Bertz CT molecular complexity index is 1220. The van der Waals surface area contributed by atoms with Crippen LogP contribution in [0.3, 0.4) is 0 Å². The normalized spacial score (nSPS) is 16.9. The molecular weight excluding hydrogens is 420 g/mol. The lowest BCUT2D eigenvalue weighted by Gasteiger charge is -2.27. The van der Waals surface area contributed by atoms with Crippen molar-refractivity contribution in [2.24, 2.45) is 0 Å². The fraction of sp³-hybridized carbons (Fsp3) is 0.192. The lowest BCUT2D eigenvalue weighted by atomic mass is 9.99.